The Bertz CT molecular complexity index is 1060. The third kappa shape index (κ3) is 4.57. The molecule has 5 nitrogen and oxygen atoms in total. The number of aryl methyl sites for hydroxylation is 1. The molecule has 2 aromatic carbocycles. The molecule has 1 saturated carbocycles. The number of rotatable bonds is 5. The van der Waals surface area contributed by atoms with Crippen molar-refractivity contribution in [1.29, 1.82) is 0 Å². The molecule has 1 aliphatic heterocycles. The minimum absolute atomic E-state index is 0.000937. The minimum Gasteiger partial charge on any atom is -0.341 e. The van der Waals surface area contributed by atoms with Crippen molar-refractivity contribution in [3.05, 3.63) is 59.4 Å². The second-order valence-corrected chi connectivity index (χ2v) is 10.3. The fourth-order valence-corrected chi connectivity index (χ4v) is 5.38. The maximum Gasteiger partial charge on any atom is 0.226 e. The number of likely N-dealkylation sites (tertiary alicyclic amines) is 1. The van der Waals surface area contributed by atoms with Gasteiger partial charge in [0.15, 0.2) is 0 Å². The summed E-state index contributed by atoms with van der Waals surface area (Å²) in [5.41, 5.74) is 3.27. The van der Waals surface area contributed by atoms with E-state index in [-0.39, 0.29) is 29.6 Å². The lowest BCUT2D eigenvalue weighted by molar-refractivity contribution is -0.133. The van der Waals surface area contributed by atoms with Crippen LogP contribution in [0.15, 0.2) is 42.5 Å². The molecule has 1 N–H and O–H groups in total. The predicted octanol–water partition coefficient (Wildman–Crippen LogP) is 3.44. The van der Waals surface area contributed by atoms with Crippen LogP contribution >= 0.6 is 0 Å². The average Bonchev–Trinajstić information content (AvgIpc) is 3.46. The number of benzene rings is 2. The van der Waals surface area contributed by atoms with E-state index in [0.717, 1.165) is 35.8 Å². The average molecular weight is 431 g/mol. The molecule has 1 heterocycles. The van der Waals surface area contributed by atoms with E-state index >= 15 is 4.39 Å². The van der Waals surface area contributed by atoms with E-state index in [1.165, 1.54) is 6.07 Å². The van der Waals surface area contributed by atoms with Crippen molar-refractivity contribution >= 4 is 15.9 Å². The smallest absolute Gasteiger partial charge is 0.226 e. The van der Waals surface area contributed by atoms with Gasteiger partial charge in [0.25, 0.3) is 0 Å². The van der Waals surface area contributed by atoms with Gasteiger partial charge in [-0.1, -0.05) is 36.4 Å². The van der Waals surface area contributed by atoms with Crippen LogP contribution in [0.4, 0.5) is 4.39 Å². The molecule has 2 fully saturated rings. The first kappa shape index (κ1) is 21.0. The van der Waals surface area contributed by atoms with Crippen LogP contribution in [0.3, 0.4) is 0 Å². The summed E-state index contributed by atoms with van der Waals surface area (Å²) in [5.74, 6) is -0.651. The van der Waals surface area contributed by atoms with E-state index in [4.69, 9.17) is 0 Å². The summed E-state index contributed by atoms with van der Waals surface area (Å²) in [5, 5.41) is 0. The normalized spacial score (nSPS) is 24.0. The van der Waals surface area contributed by atoms with Gasteiger partial charge in [-0.15, -0.1) is 0 Å². The number of halogens is 1. The van der Waals surface area contributed by atoms with Crippen molar-refractivity contribution in [3.63, 3.8) is 0 Å². The molecule has 4 rings (SSSR count). The van der Waals surface area contributed by atoms with Crippen LogP contribution in [0, 0.1) is 18.7 Å². The molecule has 0 aromatic heterocycles. The van der Waals surface area contributed by atoms with Gasteiger partial charge >= 0.3 is 0 Å². The van der Waals surface area contributed by atoms with E-state index in [9.17, 15) is 13.2 Å². The van der Waals surface area contributed by atoms with E-state index < -0.39 is 10.0 Å². The van der Waals surface area contributed by atoms with Gasteiger partial charge in [0.05, 0.1) is 6.26 Å². The Morgan fingerprint density at radius 1 is 1.20 bits per heavy atom. The fraction of sp³-hybridized carbons (Fsp3) is 0.435. The highest BCUT2D eigenvalue weighted by atomic mass is 32.2. The second kappa shape index (κ2) is 8.12. The number of hydrogen-bond acceptors (Lipinski definition) is 3. The van der Waals surface area contributed by atoms with Crippen LogP contribution in [0.1, 0.15) is 36.3 Å². The van der Waals surface area contributed by atoms with E-state index in [2.05, 4.69) is 4.72 Å². The molecule has 160 valence electrons. The van der Waals surface area contributed by atoms with E-state index in [0.29, 0.717) is 25.1 Å². The van der Waals surface area contributed by atoms with Gasteiger partial charge in [-0.25, -0.2) is 17.5 Å². The molecule has 0 radical (unpaired) electrons. The second-order valence-electron chi connectivity index (χ2n) is 8.54. The van der Waals surface area contributed by atoms with Crippen molar-refractivity contribution < 1.29 is 17.6 Å². The van der Waals surface area contributed by atoms with Gasteiger partial charge in [-0.2, -0.15) is 0 Å². The van der Waals surface area contributed by atoms with Gasteiger partial charge in [0, 0.05) is 25.0 Å². The summed E-state index contributed by atoms with van der Waals surface area (Å²) in [6.07, 6.45) is 3.23. The molecule has 3 atom stereocenters. The van der Waals surface area contributed by atoms with Crippen molar-refractivity contribution in [1.82, 2.24) is 9.62 Å². The molecule has 1 aliphatic carbocycles. The standard InChI is InChI=1S/C23H27FN2O3S/c1-15-11-18(16-7-4-3-5-8-16)22(21(24)12-15)19-13-20(19)23(27)26-10-6-9-17(14-26)25-30(2,28)29/h3-5,7-8,11-12,17,19-20,25H,6,9-10,13-14H2,1-2H3. The molecule has 30 heavy (non-hydrogen) atoms. The highest BCUT2D eigenvalue weighted by Crippen LogP contribution is 2.52. The maximum atomic E-state index is 15.0. The maximum absolute atomic E-state index is 15.0. The van der Waals surface area contributed by atoms with E-state index in [1.807, 2.05) is 43.3 Å². The topological polar surface area (TPSA) is 66.5 Å². The highest BCUT2D eigenvalue weighted by molar-refractivity contribution is 7.88. The zero-order valence-electron chi connectivity index (χ0n) is 17.3. The first-order valence-electron chi connectivity index (χ1n) is 10.3. The lowest BCUT2D eigenvalue weighted by Gasteiger charge is -2.33. The molecular formula is C23H27FN2O3S. The number of carbonyl (C=O) groups is 1. The number of sulfonamides is 1. The summed E-state index contributed by atoms with van der Waals surface area (Å²) in [7, 11) is -3.31. The molecule has 1 amide bonds. The first-order valence-corrected chi connectivity index (χ1v) is 12.2. The fourth-order valence-electron chi connectivity index (χ4n) is 4.58. The number of amides is 1. The third-order valence-electron chi connectivity index (χ3n) is 5.95. The minimum atomic E-state index is -3.31. The Hall–Kier alpha value is -2.25. The van der Waals surface area contributed by atoms with Crippen molar-refractivity contribution in [2.45, 2.75) is 38.1 Å². The van der Waals surface area contributed by atoms with Crippen LogP contribution < -0.4 is 4.72 Å². The van der Waals surface area contributed by atoms with Crippen LogP contribution in [0.25, 0.3) is 11.1 Å². The van der Waals surface area contributed by atoms with Crippen molar-refractivity contribution in [2.24, 2.45) is 5.92 Å². The molecule has 0 bridgehead atoms. The quantitative estimate of drug-likeness (QED) is 0.790. The monoisotopic (exact) mass is 430 g/mol. The van der Waals surface area contributed by atoms with E-state index in [1.54, 1.807) is 4.90 Å². The first-order chi connectivity index (χ1) is 14.2. The Labute approximate surface area is 177 Å². The SMILES string of the molecule is Cc1cc(F)c(C2CC2C(=O)N2CCCC(NS(C)(=O)=O)C2)c(-c2ccccc2)c1. The van der Waals surface area contributed by atoms with Crippen molar-refractivity contribution in [2.75, 3.05) is 19.3 Å². The van der Waals surface area contributed by atoms with Crippen LogP contribution in [-0.4, -0.2) is 44.6 Å². The van der Waals surface area contributed by atoms with Gasteiger partial charge in [0.1, 0.15) is 5.82 Å². The van der Waals surface area contributed by atoms with Crippen molar-refractivity contribution in [3.8, 4) is 11.1 Å². The van der Waals surface area contributed by atoms with Crippen LogP contribution in [-0.2, 0) is 14.8 Å². The summed E-state index contributed by atoms with van der Waals surface area (Å²) >= 11 is 0. The molecule has 3 unspecified atom stereocenters. The third-order valence-corrected chi connectivity index (χ3v) is 6.71. The summed E-state index contributed by atoms with van der Waals surface area (Å²) in [6.45, 7) is 2.86. The van der Waals surface area contributed by atoms with Gasteiger partial charge < -0.3 is 4.90 Å². The zero-order valence-corrected chi connectivity index (χ0v) is 18.1. The Morgan fingerprint density at radius 3 is 2.63 bits per heavy atom. The summed E-state index contributed by atoms with van der Waals surface area (Å²) in [4.78, 5) is 14.8. The number of carbonyl (C=O) groups excluding carboxylic acids is 1. The predicted molar refractivity (Wildman–Crippen MR) is 115 cm³/mol. The largest absolute Gasteiger partial charge is 0.341 e. The molecule has 2 aliphatic rings. The Balaban J connectivity index is 1.54. The Kier molecular flexibility index (Phi) is 5.68. The number of piperidine rings is 1. The molecule has 0 spiro atoms. The Morgan fingerprint density at radius 2 is 1.93 bits per heavy atom. The van der Waals surface area contributed by atoms with Gasteiger partial charge in [-0.05, 0) is 60.4 Å². The number of nitrogens with zero attached hydrogens (tertiary/aromatic N) is 1. The lowest BCUT2D eigenvalue weighted by atomic mass is 9.93. The molecule has 7 heteroatoms. The number of hydrogen-bond donors (Lipinski definition) is 1. The van der Waals surface area contributed by atoms with Gasteiger partial charge in [-0.3, -0.25) is 4.79 Å². The summed E-state index contributed by atoms with van der Waals surface area (Å²) < 4.78 is 40.7. The molecular weight excluding hydrogens is 403 g/mol. The van der Waals surface area contributed by atoms with Crippen LogP contribution in [0.5, 0.6) is 0 Å². The highest BCUT2D eigenvalue weighted by Gasteiger charge is 2.48. The lowest BCUT2D eigenvalue weighted by Crippen LogP contribution is -2.49. The van der Waals surface area contributed by atoms with Gasteiger partial charge in [0.2, 0.25) is 15.9 Å². The zero-order chi connectivity index (χ0) is 21.5. The summed E-state index contributed by atoms with van der Waals surface area (Å²) in [6, 6.07) is 13.0. The number of nitrogens with one attached hydrogen (secondary N) is 1. The molecule has 2 aromatic rings. The van der Waals surface area contributed by atoms with Crippen LogP contribution in [0.2, 0.25) is 0 Å². The molecule has 1 saturated heterocycles.